The third kappa shape index (κ3) is 2.90. The lowest BCUT2D eigenvalue weighted by atomic mass is 9.99. The Morgan fingerprint density at radius 1 is 1.20 bits per heavy atom. The van der Waals surface area contributed by atoms with Crippen molar-refractivity contribution in [2.75, 3.05) is 0 Å². The molecule has 0 saturated heterocycles. The molecule has 0 unspecified atom stereocenters. The van der Waals surface area contributed by atoms with Gasteiger partial charge in [-0.05, 0) is 38.0 Å². The lowest BCUT2D eigenvalue weighted by molar-refractivity contribution is -0.142. The number of aromatic nitrogens is 2. The third-order valence-electron chi connectivity index (χ3n) is 3.25. The van der Waals surface area contributed by atoms with Crippen molar-refractivity contribution in [2.24, 2.45) is 0 Å². The van der Waals surface area contributed by atoms with Gasteiger partial charge in [0.1, 0.15) is 6.54 Å². The van der Waals surface area contributed by atoms with Crippen LogP contribution in [0.1, 0.15) is 17.0 Å². The predicted molar refractivity (Wildman–Crippen MR) is 75.6 cm³/mol. The summed E-state index contributed by atoms with van der Waals surface area (Å²) in [5, 5.41) is 4.02. The molecule has 0 aliphatic rings. The van der Waals surface area contributed by atoms with Crippen molar-refractivity contribution >= 4 is 15.9 Å². The number of nitrogens with zero attached hydrogens (tertiary/aromatic N) is 2. The van der Waals surface area contributed by atoms with Crippen molar-refractivity contribution in [3.8, 4) is 11.1 Å². The van der Waals surface area contributed by atoms with E-state index in [2.05, 4.69) is 21.0 Å². The fraction of sp³-hybridized carbons (Fsp3) is 0.357. The van der Waals surface area contributed by atoms with Crippen molar-refractivity contribution in [2.45, 2.75) is 33.5 Å². The highest BCUT2D eigenvalue weighted by atomic mass is 79.9. The molecule has 0 amide bonds. The standard InChI is InChI=1S/C14H14BrF3N2/c1-8-11(5-4-6-12(8)15)13-9(2)19-20(10(13)3)7-14(16,17)18/h4-6H,7H2,1-3H3. The molecule has 0 atom stereocenters. The van der Waals surface area contributed by atoms with Gasteiger partial charge in [-0.25, -0.2) is 0 Å². The molecule has 0 aliphatic carbocycles. The molecule has 0 N–H and O–H groups in total. The Morgan fingerprint density at radius 2 is 1.85 bits per heavy atom. The highest BCUT2D eigenvalue weighted by Gasteiger charge is 2.30. The van der Waals surface area contributed by atoms with E-state index in [1.807, 2.05) is 25.1 Å². The topological polar surface area (TPSA) is 17.8 Å². The van der Waals surface area contributed by atoms with Crippen LogP contribution in [0.15, 0.2) is 22.7 Å². The summed E-state index contributed by atoms with van der Waals surface area (Å²) in [6.45, 7) is 4.27. The smallest absolute Gasteiger partial charge is 0.260 e. The van der Waals surface area contributed by atoms with E-state index in [1.165, 1.54) is 0 Å². The molecular formula is C14H14BrF3N2. The van der Waals surface area contributed by atoms with Crippen molar-refractivity contribution in [1.82, 2.24) is 9.78 Å². The maximum atomic E-state index is 12.5. The van der Waals surface area contributed by atoms with Crippen molar-refractivity contribution in [1.29, 1.82) is 0 Å². The Balaban J connectivity index is 2.56. The van der Waals surface area contributed by atoms with Gasteiger partial charge >= 0.3 is 6.18 Å². The minimum absolute atomic E-state index is 0.529. The van der Waals surface area contributed by atoms with Crippen LogP contribution in [0.4, 0.5) is 13.2 Å². The monoisotopic (exact) mass is 346 g/mol. The van der Waals surface area contributed by atoms with E-state index < -0.39 is 12.7 Å². The molecule has 0 aliphatic heterocycles. The maximum Gasteiger partial charge on any atom is 0.408 e. The summed E-state index contributed by atoms with van der Waals surface area (Å²) in [5.41, 5.74) is 3.80. The molecule has 0 radical (unpaired) electrons. The number of hydrogen-bond donors (Lipinski definition) is 0. The van der Waals surface area contributed by atoms with Gasteiger partial charge in [0.15, 0.2) is 0 Å². The van der Waals surface area contributed by atoms with Gasteiger partial charge in [-0.2, -0.15) is 18.3 Å². The predicted octanol–water partition coefficient (Wildman–Crippen LogP) is 4.80. The van der Waals surface area contributed by atoms with E-state index in [9.17, 15) is 13.2 Å². The van der Waals surface area contributed by atoms with Gasteiger partial charge in [0.25, 0.3) is 0 Å². The first-order chi connectivity index (χ1) is 9.20. The molecule has 0 fully saturated rings. The van der Waals surface area contributed by atoms with Crippen LogP contribution >= 0.6 is 15.9 Å². The lowest BCUT2D eigenvalue weighted by Crippen LogP contribution is -2.19. The molecule has 108 valence electrons. The second kappa shape index (κ2) is 5.24. The Hall–Kier alpha value is -1.30. The van der Waals surface area contributed by atoms with E-state index >= 15 is 0 Å². The fourth-order valence-electron chi connectivity index (χ4n) is 2.29. The van der Waals surface area contributed by atoms with Gasteiger partial charge in [0.2, 0.25) is 0 Å². The molecule has 20 heavy (non-hydrogen) atoms. The zero-order chi connectivity index (χ0) is 15.1. The second-order valence-electron chi connectivity index (χ2n) is 4.73. The van der Waals surface area contributed by atoms with E-state index in [1.54, 1.807) is 13.8 Å². The zero-order valence-electron chi connectivity index (χ0n) is 11.3. The van der Waals surface area contributed by atoms with Crippen molar-refractivity contribution < 1.29 is 13.2 Å². The van der Waals surface area contributed by atoms with E-state index in [4.69, 9.17) is 0 Å². The molecule has 0 spiro atoms. The molecule has 2 aromatic rings. The number of aryl methyl sites for hydroxylation is 1. The molecule has 6 heteroatoms. The molecule has 1 aromatic heterocycles. The van der Waals surface area contributed by atoms with Crippen LogP contribution in [0.25, 0.3) is 11.1 Å². The zero-order valence-corrected chi connectivity index (χ0v) is 12.9. The highest BCUT2D eigenvalue weighted by molar-refractivity contribution is 9.10. The summed E-state index contributed by atoms with van der Waals surface area (Å²) in [5.74, 6) is 0. The van der Waals surface area contributed by atoms with Crippen LogP contribution in [-0.4, -0.2) is 16.0 Å². The highest BCUT2D eigenvalue weighted by Crippen LogP contribution is 2.33. The van der Waals surface area contributed by atoms with Crippen LogP contribution in [0.5, 0.6) is 0 Å². The fourth-order valence-corrected chi connectivity index (χ4v) is 2.65. The minimum Gasteiger partial charge on any atom is -0.260 e. The van der Waals surface area contributed by atoms with Crippen molar-refractivity contribution in [3.63, 3.8) is 0 Å². The summed E-state index contributed by atoms with van der Waals surface area (Å²) < 4.78 is 39.6. The van der Waals surface area contributed by atoms with E-state index in [0.29, 0.717) is 11.4 Å². The molecule has 0 bridgehead atoms. The number of alkyl halides is 3. The number of hydrogen-bond acceptors (Lipinski definition) is 1. The number of rotatable bonds is 2. The summed E-state index contributed by atoms with van der Waals surface area (Å²) in [7, 11) is 0. The lowest BCUT2D eigenvalue weighted by Gasteiger charge is -2.10. The molecular weight excluding hydrogens is 333 g/mol. The molecule has 2 rings (SSSR count). The first-order valence-electron chi connectivity index (χ1n) is 6.07. The number of halogens is 4. The average Bonchev–Trinajstić information content (AvgIpc) is 2.57. The van der Waals surface area contributed by atoms with Crippen LogP contribution in [0.3, 0.4) is 0 Å². The van der Waals surface area contributed by atoms with Gasteiger partial charge in [-0.15, -0.1) is 0 Å². The van der Waals surface area contributed by atoms with Gasteiger partial charge < -0.3 is 0 Å². The normalized spacial score (nSPS) is 11.9. The van der Waals surface area contributed by atoms with Gasteiger partial charge in [-0.3, -0.25) is 4.68 Å². The maximum absolute atomic E-state index is 12.5. The minimum atomic E-state index is -4.27. The van der Waals surface area contributed by atoms with Crippen LogP contribution in [0, 0.1) is 20.8 Å². The quantitative estimate of drug-likeness (QED) is 0.763. The largest absolute Gasteiger partial charge is 0.408 e. The van der Waals surface area contributed by atoms with Gasteiger partial charge in [0.05, 0.1) is 5.69 Å². The Labute approximate surface area is 123 Å². The first-order valence-corrected chi connectivity index (χ1v) is 6.86. The molecule has 1 heterocycles. The molecule has 0 saturated carbocycles. The average molecular weight is 347 g/mol. The van der Waals surface area contributed by atoms with Crippen LogP contribution in [0.2, 0.25) is 0 Å². The Morgan fingerprint density at radius 3 is 2.45 bits per heavy atom. The SMILES string of the molecule is Cc1nn(CC(F)(F)F)c(C)c1-c1cccc(Br)c1C. The van der Waals surface area contributed by atoms with Gasteiger partial charge in [-0.1, -0.05) is 28.1 Å². The Bertz CT molecular complexity index is 645. The summed E-state index contributed by atoms with van der Waals surface area (Å²) >= 11 is 3.44. The van der Waals surface area contributed by atoms with E-state index in [0.717, 1.165) is 25.8 Å². The second-order valence-corrected chi connectivity index (χ2v) is 5.59. The molecule has 1 aromatic carbocycles. The first kappa shape index (κ1) is 15.1. The van der Waals surface area contributed by atoms with Crippen LogP contribution < -0.4 is 0 Å². The summed E-state index contributed by atoms with van der Waals surface area (Å²) in [6.07, 6.45) is -4.27. The number of benzene rings is 1. The van der Waals surface area contributed by atoms with Crippen LogP contribution in [-0.2, 0) is 6.54 Å². The van der Waals surface area contributed by atoms with Gasteiger partial charge in [0, 0.05) is 15.7 Å². The Kier molecular flexibility index (Phi) is 3.95. The van der Waals surface area contributed by atoms with E-state index in [-0.39, 0.29) is 0 Å². The summed E-state index contributed by atoms with van der Waals surface area (Å²) in [4.78, 5) is 0. The van der Waals surface area contributed by atoms with Crippen molar-refractivity contribution in [3.05, 3.63) is 39.6 Å². The molecule has 2 nitrogen and oxygen atoms in total. The third-order valence-corrected chi connectivity index (χ3v) is 4.11. The summed E-state index contributed by atoms with van der Waals surface area (Å²) in [6, 6.07) is 5.67.